The minimum Gasteiger partial charge on any atom is -0.480 e. The minimum atomic E-state index is -0.865. The second kappa shape index (κ2) is 6.08. The second-order valence-electron chi connectivity index (χ2n) is 5.66. The van der Waals surface area contributed by atoms with Gasteiger partial charge in [0.25, 0.3) is 5.69 Å². The van der Waals surface area contributed by atoms with Crippen molar-refractivity contribution < 1.29 is 14.8 Å². The van der Waals surface area contributed by atoms with Crippen LogP contribution in [0.1, 0.15) is 17.0 Å². The van der Waals surface area contributed by atoms with Crippen LogP contribution < -0.4 is 4.90 Å². The van der Waals surface area contributed by atoms with E-state index >= 15 is 0 Å². The van der Waals surface area contributed by atoms with Crippen LogP contribution in [0.4, 0.5) is 11.4 Å². The molecule has 1 atom stereocenters. The van der Waals surface area contributed by atoms with Gasteiger partial charge >= 0.3 is 5.97 Å². The van der Waals surface area contributed by atoms with Gasteiger partial charge in [0.1, 0.15) is 6.54 Å². The average Bonchev–Trinajstić information content (AvgIpc) is 2.85. The molecule has 3 rings (SSSR count). The maximum atomic E-state index is 11.0. The number of nitrogens with zero attached hydrogens (tertiary/aromatic N) is 2. The van der Waals surface area contributed by atoms with E-state index in [9.17, 15) is 14.9 Å². The highest BCUT2D eigenvalue weighted by molar-refractivity contribution is 5.76. The predicted molar refractivity (Wildman–Crippen MR) is 85.8 cm³/mol. The number of carbonyl (C=O) groups is 1. The molecule has 0 amide bonds. The topological polar surface area (TPSA) is 83.7 Å². The van der Waals surface area contributed by atoms with Crippen LogP contribution in [0.15, 0.2) is 48.5 Å². The molecule has 118 valence electrons. The molecule has 1 aliphatic heterocycles. The molecule has 2 aromatic carbocycles. The summed E-state index contributed by atoms with van der Waals surface area (Å²) >= 11 is 0. The molecular weight excluding hydrogens is 296 g/mol. The summed E-state index contributed by atoms with van der Waals surface area (Å²) in [6.45, 7) is 0.566. The lowest BCUT2D eigenvalue weighted by atomic mass is 9.93. The van der Waals surface area contributed by atoms with Gasteiger partial charge in [-0.25, -0.2) is 0 Å². The van der Waals surface area contributed by atoms with Gasteiger partial charge in [0.15, 0.2) is 0 Å². The van der Waals surface area contributed by atoms with Crippen molar-refractivity contribution in [2.75, 3.05) is 18.0 Å². The van der Waals surface area contributed by atoms with E-state index in [1.165, 1.54) is 6.07 Å². The molecule has 1 unspecified atom stereocenters. The van der Waals surface area contributed by atoms with Gasteiger partial charge in [-0.05, 0) is 23.6 Å². The fourth-order valence-electron chi connectivity index (χ4n) is 3.15. The zero-order valence-corrected chi connectivity index (χ0v) is 12.4. The molecule has 0 fully saturated rings. The number of fused-ring (bicyclic) bond motifs is 1. The van der Waals surface area contributed by atoms with Gasteiger partial charge in [-0.3, -0.25) is 14.9 Å². The Kier molecular flexibility index (Phi) is 3.97. The van der Waals surface area contributed by atoms with Crippen LogP contribution in [-0.4, -0.2) is 29.1 Å². The predicted octanol–water partition coefficient (Wildman–Crippen LogP) is 2.83. The molecule has 1 N–H and O–H groups in total. The van der Waals surface area contributed by atoms with Gasteiger partial charge in [0, 0.05) is 30.3 Å². The SMILES string of the molecule is O=C(O)CN1CC(Cc2cccc([N+](=O)[O-])c2)c2ccccc21. The van der Waals surface area contributed by atoms with Crippen molar-refractivity contribution in [2.45, 2.75) is 12.3 Å². The third kappa shape index (κ3) is 3.15. The number of nitro groups is 1. The molecule has 0 saturated heterocycles. The Labute approximate surface area is 133 Å². The van der Waals surface area contributed by atoms with Crippen molar-refractivity contribution in [3.8, 4) is 0 Å². The van der Waals surface area contributed by atoms with E-state index in [1.807, 2.05) is 35.2 Å². The van der Waals surface area contributed by atoms with Gasteiger partial charge < -0.3 is 10.0 Å². The highest BCUT2D eigenvalue weighted by Crippen LogP contribution is 2.38. The number of carboxylic acid groups (broad SMARTS) is 1. The number of carboxylic acids is 1. The molecule has 0 bridgehead atoms. The molecule has 0 radical (unpaired) electrons. The Morgan fingerprint density at radius 1 is 1.26 bits per heavy atom. The molecule has 1 heterocycles. The summed E-state index contributed by atoms with van der Waals surface area (Å²) in [6.07, 6.45) is 0.648. The number of nitro benzene ring substituents is 1. The number of hydrogen-bond donors (Lipinski definition) is 1. The van der Waals surface area contributed by atoms with E-state index in [0.717, 1.165) is 16.8 Å². The molecule has 23 heavy (non-hydrogen) atoms. The van der Waals surface area contributed by atoms with Crippen LogP contribution in [0.3, 0.4) is 0 Å². The Hall–Kier alpha value is -2.89. The Bertz CT molecular complexity index is 760. The number of non-ortho nitro benzene ring substituents is 1. The fourth-order valence-corrected chi connectivity index (χ4v) is 3.15. The van der Waals surface area contributed by atoms with Gasteiger partial charge in [-0.2, -0.15) is 0 Å². The first-order valence-corrected chi connectivity index (χ1v) is 7.33. The fraction of sp³-hybridized carbons (Fsp3) is 0.235. The van der Waals surface area contributed by atoms with E-state index in [1.54, 1.807) is 12.1 Å². The lowest BCUT2D eigenvalue weighted by molar-refractivity contribution is -0.384. The van der Waals surface area contributed by atoms with Gasteiger partial charge in [-0.15, -0.1) is 0 Å². The smallest absolute Gasteiger partial charge is 0.323 e. The van der Waals surface area contributed by atoms with Crippen molar-refractivity contribution >= 4 is 17.3 Å². The summed E-state index contributed by atoms with van der Waals surface area (Å²) in [5.41, 5.74) is 3.00. The minimum absolute atomic E-state index is 0.0392. The van der Waals surface area contributed by atoms with E-state index < -0.39 is 10.9 Å². The lowest BCUT2D eigenvalue weighted by Crippen LogP contribution is -2.28. The van der Waals surface area contributed by atoms with Crippen LogP contribution in [0.25, 0.3) is 0 Å². The van der Waals surface area contributed by atoms with Gasteiger partial charge in [0.05, 0.1) is 4.92 Å². The quantitative estimate of drug-likeness (QED) is 0.678. The van der Waals surface area contributed by atoms with Crippen LogP contribution in [0.5, 0.6) is 0 Å². The Balaban J connectivity index is 1.85. The maximum absolute atomic E-state index is 11.0. The Morgan fingerprint density at radius 3 is 2.78 bits per heavy atom. The lowest BCUT2D eigenvalue weighted by Gasteiger charge is -2.17. The van der Waals surface area contributed by atoms with Crippen LogP contribution in [0, 0.1) is 10.1 Å². The van der Waals surface area contributed by atoms with Gasteiger partial charge in [0.2, 0.25) is 0 Å². The van der Waals surface area contributed by atoms with E-state index in [0.29, 0.717) is 13.0 Å². The highest BCUT2D eigenvalue weighted by atomic mass is 16.6. The number of aliphatic carboxylic acids is 1. The molecule has 0 saturated carbocycles. The summed E-state index contributed by atoms with van der Waals surface area (Å²) in [4.78, 5) is 23.4. The first kappa shape index (κ1) is 15.0. The summed E-state index contributed by atoms with van der Waals surface area (Å²) < 4.78 is 0. The highest BCUT2D eigenvalue weighted by Gasteiger charge is 2.29. The number of para-hydroxylation sites is 1. The molecule has 1 aliphatic rings. The molecular formula is C17H16N2O4. The van der Waals surface area contributed by atoms with Crippen molar-refractivity contribution in [1.82, 2.24) is 0 Å². The molecule has 0 spiro atoms. The summed E-state index contributed by atoms with van der Waals surface area (Å²) in [5.74, 6) is -0.733. The zero-order chi connectivity index (χ0) is 16.4. The molecule has 0 aromatic heterocycles. The number of benzene rings is 2. The average molecular weight is 312 g/mol. The van der Waals surface area contributed by atoms with Crippen molar-refractivity contribution in [2.24, 2.45) is 0 Å². The largest absolute Gasteiger partial charge is 0.480 e. The van der Waals surface area contributed by atoms with Crippen molar-refractivity contribution in [3.05, 3.63) is 69.8 Å². The van der Waals surface area contributed by atoms with E-state index in [-0.39, 0.29) is 18.2 Å². The summed E-state index contributed by atoms with van der Waals surface area (Å²) in [5, 5.41) is 20.0. The normalized spacial score (nSPS) is 16.2. The summed E-state index contributed by atoms with van der Waals surface area (Å²) in [6, 6.07) is 14.4. The number of rotatable bonds is 5. The first-order chi connectivity index (χ1) is 11.0. The molecule has 0 aliphatic carbocycles. The number of anilines is 1. The third-order valence-electron chi connectivity index (χ3n) is 4.09. The maximum Gasteiger partial charge on any atom is 0.323 e. The van der Waals surface area contributed by atoms with Crippen LogP contribution >= 0.6 is 0 Å². The Morgan fingerprint density at radius 2 is 2.04 bits per heavy atom. The number of hydrogen-bond acceptors (Lipinski definition) is 4. The molecule has 6 nitrogen and oxygen atoms in total. The van der Waals surface area contributed by atoms with Crippen molar-refractivity contribution in [3.63, 3.8) is 0 Å². The van der Waals surface area contributed by atoms with E-state index in [4.69, 9.17) is 5.11 Å². The van der Waals surface area contributed by atoms with Crippen molar-refractivity contribution in [1.29, 1.82) is 0 Å². The molecule has 6 heteroatoms. The monoisotopic (exact) mass is 312 g/mol. The van der Waals surface area contributed by atoms with Gasteiger partial charge in [-0.1, -0.05) is 30.3 Å². The standard InChI is InChI=1S/C17H16N2O4/c20-17(21)11-18-10-13(15-6-1-2-7-16(15)18)8-12-4-3-5-14(9-12)19(22)23/h1-7,9,13H,8,10-11H2,(H,20,21). The third-order valence-corrected chi connectivity index (χ3v) is 4.09. The van der Waals surface area contributed by atoms with Crippen LogP contribution in [0.2, 0.25) is 0 Å². The zero-order valence-electron chi connectivity index (χ0n) is 12.4. The molecule has 2 aromatic rings. The van der Waals surface area contributed by atoms with Crippen LogP contribution in [-0.2, 0) is 11.2 Å². The second-order valence-corrected chi connectivity index (χ2v) is 5.66. The summed E-state index contributed by atoms with van der Waals surface area (Å²) in [7, 11) is 0. The first-order valence-electron chi connectivity index (χ1n) is 7.33. The van der Waals surface area contributed by atoms with E-state index in [2.05, 4.69) is 0 Å².